The van der Waals surface area contributed by atoms with Crippen LogP contribution in [0.3, 0.4) is 0 Å². The molecule has 21 heavy (non-hydrogen) atoms. The van der Waals surface area contributed by atoms with Crippen molar-refractivity contribution >= 4 is 11.8 Å². The summed E-state index contributed by atoms with van der Waals surface area (Å²) in [6.45, 7) is 1.74. The van der Waals surface area contributed by atoms with Crippen LogP contribution < -0.4 is 0 Å². The molecular formula is C15H17NO5. The van der Waals surface area contributed by atoms with Crippen molar-refractivity contribution in [3.8, 4) is 0 Å². The van der Waals surface area contributed by atoms with Crippen LogP contribution in [0.2, 0.25) is 0 Å². The van der Waals surface area contributed by atoms with Crippen LogP contribution in [-0.2, 0) is 4.74 Å². The molecule has 6 nitrogen and oxygen atoms in total. The monoisotopic (exact) mass is 291 g/mol. The number of fused-ring (bicyclic) bond motifs is 1. The molecule has 0 aromatic heterocycles. The maximum Gasteiger partial charge on any atom is 0.261 e. The van der Waals surface area contributed by atoms with Gasteiger partial charge in [-0.3, -0.25) is 14.5 Å². The largest absolute Gasteiger partial charge is 0.390 e. The van der Waals surface area contributed by atoms with Crippen LogP contribution in [0.5, 0.6) is 0 Å². The molecule has 4 atom stereocenters. The first kappa shape index (κ1) is 14.2. The molecule has 0 unspecified atom stereocenters. The summed E-state index contributed by atoms with van der Waals surface area (Å²) in [7, 11) is 0. The van der Waals surface area contributed by atoms with Crippen LogP contribution in [0.4, 0.5) is 0 Å². The van der Waals surface area contributed by atoms with Crippen molar-refractivity contribution in [2.24, 2.45) is 0 Å². The molecule has 2 heterocycles. The predicted octanol–water partition coefficient (Wildman–Crippen LogP) is 0.182. The highest BCUT2D eigenvalue weighted by Crippen LogP contribution is 2.26. The molecule has 1 aromatic rings. The van der Waals surface area contributed by atoms with Gasteiger partial charge >= 0.3 is 0 Å². The zero-order valence-corrected chi connectivity index (χ0v) is 11.6. The molecule has 0 aliphatic carbocycles. The second kappa shape index (κ2) is 5.22. The molecule has 3 rings (SSSR count). The minimum Gasteiger partial charge on any atom is -0.390 e. The number of hydrogen-bond acceptors (Lipinski definition) is 5. The molecule has 2 aliphatic rings. The molecule has 0 bridgehead atoms. The summed E-state index contributed by atoms with van der Waals surface area (Å²) in [6, 6.07) is 6.68. The Balaban J connectivity index is 1.75. The van der Waals surface area contributed by atoms with Crippen LogP contribution >= 0.6 is 0 Å². The van der Waals surface area contributed by atoms with Gasteiger partial charge in [0.2, 0.25) is 0 Å². The summed E-state index contributed by atoms with van der Waals surface area (Å²) in [4.78, 5) is 25.6. The normalized spacial score (nSPS) is 32.4. The number of nitrogens with zero attached hydrogens (tertiary/aromatic N) is 1. The topological polar surface area (TPSA) is 87.1 Å². The molecule has 2 N–H and O–H groups in total. The Kier molecular flexibility index (Phi) is 3.52. The highest BCUT2D eigenvalue weighted by Gasteiger charge is 2.40. The first-order chi connectivity index (χ1) is 9.99. The molecule has 1 aromatic carbocycles. The maximum absolute atomic E-state index is 12.2. The average molecular weight is 291 g/mol. The van der Waals surface area contributed by atoms with E-state index >= 15 is 0 Å². The summed E-state index contributed by atoms with van der Waals surface area (Å²) in [5.41, 5.74) is 0.791. The molecule has 0 spiro atoms. The Morgan fingerprint density at radius 2 is 1.76 bits per heavy atom. The number of aliphatic hydroxyl groups excluding tert-OH is 2. The number of imide groups is 1. The fraction of sp³-hybridized carbons (Fsp3) is 0.467. The Labute approximate surface area is 121 Å². The van der Waals surface area contributed by atoms with Gasteiger partial charge < -0.3 is 14.9 Å². The number of aliphatic hydroxyl groups is 2. The van der Waals surface area contributed by atoms with E-state index in [9.17, 15) is 19.8 Å². The first-order valence-corrected chi connectivity index (χ1v) is 6.96. The summed E-state index contributed by atoms with van der Waals surface area (Å²) in [5, 5.41) is 19.4. The zero-order chi connectivity index (χ0) is 15.1. The number of benzene rings is 1. The van der Waals surface area contributed by atoms with Gasteiger partial charge in [0.05, 0.1) is 36.0 Å². The predicted molar refractivity (Wildman–Crippen MR) is 72.8 cm³/mol. The fourth-order valence-electron chi connectivity index (χ4n) is 2.89. The Morgan fingerprint density at radius 3 is 2.29 bits per heavy atom. The van der Waals surface area contributed by atoms with E-state index in [-0.39, 0.29) is 24.8 Å². The molecule has 2 aliphatic heterocycles. The van der Waals surface area contributed by atoms with E-state index in [4.69, 9.17) is 4.74 Å². The summed E-state index contributed by atoms with van der Waals surface area (Å²) < 4.78 is 5.57. The number of carbonyl (C=O) groups is 2. The van der Waals surface area contributed by atoms with Crippen molar-refractivity contribution in [1.29, 1.82) is 0 Å². The lowest BCUT2D eigenvalue weighted by molar-refractivity contribution is -0.163. The van der Waals surface area contributed by atoms with E-state index in [1.807, 2.05) is 0 Å². The molecule has 0 saturated carbocycles. The van der Waals surface area contributed by atoms with Crippen molar-refractivity contribution < 1.29 is 24.5 Å². The Hall–Kier alpha value is -1.76. The second-order valence-electron chi connectivity index (χ2n) is 5.52. The van der Waals surface area contributed by atoms with Crippen LogP contribution in [0.15, 0.2) is 24.3 Å². The van der Waals surface area contributed by atoms with Gasteiger partial charge in [-0.05, 0) is 19.1 Å². The van der Waals surface area contributed by atoms with Crippen LogP contribution in [0.1, 0.15) is 34.1 Å². The van der Waals surface area contributed by atoms with E-state index < -0.39 is 24.4 Å². The summed E-state index contributed by atoms with van der Waals surface area (Å²) in [5.74, 6) is -0.681. The number of ether oxygens (including phenoxy) is 1. The third-order valence-corrected chi connectivity index (χ3v) is 4.05. The first-order valence-electron chi connectivity index (χ1n) is 6.96. The van der Waals surface area contributed by atoms with E-state index in [1.54, 1.807) is 31.2 Å². The van der Waals surface area contributed by atoms with Crippen LogP contribution in [0, 0.1) is 0 Å². The van der Waals surface area contributed by atoms with Gasteiger partial charge in [0.25, 0.3) is 11.8 Å². The number of carbonyl (C=O) groups excluding carboxylic acids is 2. The molecule has 112 valence electrons. The van der Waals surface area contributed by atoms with E-state index in [0.717, 1.165) is 4.90 Å². The van der Waals surface area contributed by atoms with E-state index in [1.165, 1.54) is 0 Å². The van der Waals surface area contributed by atoms with Crippen molar-refractivity contribution in [3.63, 3.8) is 0 Å². The van der Waals surface area contributed by atoms with Gasteiger partial charge in [-0.1, -0.05) is 12.1 Å². The quantitative estimate of drug-likeness (QED) is 0.759. The van der Waals surface area contributed by atoms with Gasteiger partial charge in [-0.25, -0.2) is 0 Å². The third kappa shape index (κ3) is 2.35. The van der Waals surface area contributed by atoms with E-state index in [2.05, 4.69) is 0 Å². The van der Waals surface area contributed by atoms with Crippen molar-refractivity contribution in [1.82, 2.24) is 4.90 Å². The average Bonchev–Trinajstić information content (AvgIpc) is 2.70. The zero-order valence-electron chi connectivity index (χ0n) is 11.6. The Morgan fingerprint density at radius 1 is 1.19 bits per heavy atom. The third-order valence-electron chi connectivity index (χ3n) is 4.05. The summed E-state index contributed by atoms with van der Waals surface area (Å²) in [6.07, 6.45) is -2.66. The van der Waals surface area contributed by atoms with Crippen LogP contribution in [0.25, 0.3) is 0 Å². The smallest absolute Gasteiger partial charge is 0.261 e. The van der Waals surface area contributed by atoms with E-state index in [0.29, 0.717) is 11.1 Å². The lowest BCUT2D eigenvalue weighted by atomic mass is 9.98. The molecular weight excluding hydrogens is 274 g/mol. The van der Waals surface area contributed by atoms with Crippen molar-refractivity contribution in [2.75, 3.05) is 6.54 Å². The molecule has 6 heteroatoms. The summed E-state index contributed by atoms with van der Waals surface area (Å²) >= 11 is 0. The van der Waals surface area contributed by atoms with Crippen molar-refractivity contribution in [2.45, 2.75) is 37.8 Å². The number of rotatable bonds is 2. The lowest BCUT2D eigenvalue weighted by Gasteiger charge is -2.36. The van der Waals surface area contributed by atoms with Crippen LogP contribution in [-0.4, -0.2) is 57.9 Å². The molecule has 2 amide bonds. The Bertz CT molecular complexity index is 540. The number of hydrogen-bond donors (Lipinski definition) is 2. The van der Waals surface area contributed by atoms with Gasteiger partial charge in [0, 0.05) is 6.42 Å². The maximum atomic E-state index is 12.2. The van der Waals surface area contributed by atoms with Crippen molar-refractivity contribution in [3.05, 3.63) is 35.4 Å². The van der Waals surface area contributed by atoms with Gasteiger partial charge in [0.1, 0.15) is 6.10 Å². The van der Waals surface area contributed by atoms with Gasteiger partial charge in [-0.15, -0.1) is 0 Å². The van der Waals surface area contributed by atoms with Gasteiger partial charge in [-0.2, -0.15) is 0 Å². The SMILES string of the molecule is C[C@H]1O[C@@H](CN2C(=O)c3ccccc3C2=O)C[C@H](O)[C@@H]1O. The molecule has 1 fully saturated rings. The number of amides is 2. The highest BCUT2D eigenvalue weighted by molar-refractivity contribution is 6.21. The second-order valence-corrected chi connectivity index (χ2v) is 5.52. The fourth-order valence-corrected chi connectivity index (χ4v) is 2.89. The van der Waals surface area contributed by atoms with Gasteiger partial charge in [0.15, 0.2) is 0 Å². The highest BCUT2D eigenvalue weighted by atomic mass is 16.5. The lowest BCUT2D eigenvalue weighted by Crippen LogP contribution is -2.50. The minimum atomic E-state index is -0.941. The molecule has 0 radical (unpaired) electrons. The minimum absolute atomic E-state index is 0.0838. The standard InChI is InChI=1S/C15H17NO5/c1-8-13(18)12(17)6-9(21-8)7-16-14(19)10-4-2-3-5-11(10)15(16)20/h2-5,8-9,12-13,17-18H,6-7H2,1H3/t8-,9-,12+,13-/m1/s1. The molecule has 1 saturated heterocycles.